The van der Waals surface area contributed by atoms with Crippen LogP contribution in [0.1, 0.15) is 124 Å². The largest absolute Gasteiger partial charge is 0.379 e. The molecule has 140 valence electrons. The number of unbranched alkanes of at least 4 members (excludes halogenated alkanes) is 12. The summed E-state index contributed by atoms with van der Waals surface area (Å²) in [6.45, 7) is 6.64. The molecule has 0 aliphatic heterocycles. The van der Waals surface area contributed by atoms with Crippen LogP contribution in [0.15, 0.2) is 0 Å². The minimum atomic E-state index is -0.299. The second-order valence-corrected chi connectivity index (χ2v) is 7.23. The molecule has 2 nitrogen and oxygen atoms in total. The minimum absolute atomic E-state index is 0.299. The highest BCUT2D eigenvalue weighted by Crippen LogP contribution is 2.13. The molecule has 0 saturated heterocycles. The molecule has 0 spiro atoms. The molecule has 1 atom stereocenters. The van der Waals surface area contributed by atoms with Crippen molar-refractivity contribution < 1.29 is 5.11 Å². The number of hydrogen-bond donors (Lipinski definition) is 2. The van der Waals surface area contributed by atoms with Gasteiger partial charge in [-0.1, -0.05) is 97.8 Å². The second-order valence-electron chi connectivity index (χ2n) is 7.23. The smallest absolute Gasteiger partial charge is 0.105 e. The highest BCUT2D eigenvalue weighted by molar-refractivity contribution is 4.65. The molecule has 0 aromatic carbocycles. The van der Waals surface area contributed by atoms with Crippen LogP contribution in [0.3, 0.4) is 0 Å². The van der Waals surface area contributed by atoms with Crippen molar-refractivity contribution in [2.24, 2.45) is 0 Å². The fourth-order valence-corrected chi connectivity index (χ4v) is 3.24. The van der Waals surface area contributed by atoms with Crippen molar-refractivity contribution in [2.75, 3.05) is 0 Å². The zero-order valence-corrected chi connectivity index (χ0v) is 16.4. The first-order valence-corrected chi connectivity index (χ1v) is 10.7. The van der Waals surface area contributed by atoms with Gasteiger partial charge in [-0.25, -0.2) is 0 Å². The van der Waals surface area contributed by atoms with E-state index in [2.05, 4.69) is 26.1 Å². The molecule has 0 rings (SSSR count). The predicted molar refractivity (Wildman–Crippen MR) is 104 cm³/mol. The number of nitrogens with one attached hydrogen (secondary N) is 1. The summed E-state index contributed by atoms with van der Waals surface area (Å²) in [5, 5.41) is 13.3. The Balaban J connectivity index is 3.18. The molecule has 23 heavy (non-hydrogen) atoms. The van der Waals surface area contributed by atoms with E-state index in [1.165, 1.54) is 77.0 Å². The van der Waals surface area contributed by atoms with Crippen molar-refractivity contribution >= 4 is 0 Å². The van der Waals surface area contributed by atoms with Crippen LogP contribution >= 0.6 is 0 Å². The molecule has 0 fully saturated rings. The van der Waals surface area contributed by atoms with Crippen LogP contribution in [-0.4, -0.2) is 17.4 Å². The third-order valence-electron chi connectivity index (χ3n) is 4.99. The van der Waals surface area contributed by atoms with Gasteiger partial charge >= 0.3 is 0 Å². The summed E-state index contributed by atoms with van der Waals surface area (Å²) in [7, 11) is 0. The third-order valence-corrected chi connectivity index (χ3v) is 4.99. The monoisotopic (exact) mass is 327 g/mol. The molecular formula is C21H45NO. The maximum atomic E-state index is 9.95. The molecule has 0 radical (unpaired) electrons. The van der Waals surface area contributed by atoms with E-state index in [1.807, 2.05) is 0 Å². The Hall–Kier alpha value is -0.0800. The fourth-order valence-electron chi connectivity index (χ4n) is 3.24. The summed E-state index contributed by atoms with van der Waals surface area (Å²) in [6.07, 6.45) is 20.8. The molecule has 1 unspecified atom stereocenters. The first-order valence-electron chi connectivity index (χ1n) is 10.7. The van der Waals surface area contributed by atoms with E-state index in [-0.39, 0.29) is 6.23 Å². The van der Waals surface area contributed by atoms with E-state index in [1.54, 1.807) is 0 Å². The molecule has 0 aromatic rings. The van der Waals surface area contributed by atoms with Gasteiger partial charge in [0.15, 0.2) is 0 Å². The van der Waals surface area contributed by atoms with E-state index in [9.17, 15) is 5.11 Å². The summed E-state index contributed by atoms with van der Waals surface area (Å²) < 4.78 is 0. The van der Waals surface area contributed by atoms with E-state index < -0.39 is 0 Å². The first-order chi connectivity index (χ1) is 11.2. The van der Waals surface area contributed by atoms with Crippen LogP contribution in [-0.2, 0) is 0 Å². The van der Waals surface area contributed by atoms with Gasteiger partial charge in [0.2, 0.25) is 0 Å². The van der Waals surface area contributed by atoms with E-state index >= 15 is 0 Å². The number of aliphatic hydroxyl groups excluding tert-OH is 1. The van der Waals surface area contributed by atoms with E-state index in [0.29, 0.717) is 6.04 Å². The number of hydrogen-bond acceptors (Lipinski definition) is 2. The van der Waals surface area contributed by atoms with Crippen LogP contribution in [0.5, 0.6) is 0 Å². The Morgan fingerprint density at radius 1 is 0.609 bits per heavy atom. The van der Waals surface area contributed by atoms with Gasteiger partial charge in [0, 0.05) is 6.04 Å². The van der Waals surface area contributed by atoms with Crippen LogP contribution in [0.2, 0.25) is 0 Å². The quantitative estimate of drug-likeness (QED) is 0.220. The van der Waals surface area contributed by atoms with Crippen LogP contribution in [0.25, 0.3) is 0 Å². The SMILES string of the molecule is CCCCCCCCCCCCCCCC(O)NC(CC)CC. The maximum absolute atomic E-state index is 9.95. The summed E-state index contributed by atoms with van der Waals surface area (Å²) in [5.74, 6) is 0. The third kappa shape index (κ3) is 16.6. The standard InChI is InChI=1S/C21H45NO/c1-4-7-8-9-10-11-12-13-14-15-16-17-18-19-21(23)22-20(5-2)6-3/h20-23H,4-19H2,1-3H3. The summed E-state index contributed by atoms with van der Waals surface area (Å²) in [5.41, 5.74) is 0. The molecule has 0 aliphatic carbocycles. The van der Waals surface area contributed by atoms with Crippen molar-refractivity contribution in [1.29, 1.82) is 0 Å². The normalized spacial score (nSPS) is 12.9. The van der Waals surface area contributed by atoms with E-state index in [4.69, 9.17) is 0 Å². The zero-order valence-electron chi connectivity index (χ0n) is 16.4. The molecule has 0 bridgehead atoms. The van der Waals surface area contributed by atoms with Gasteiger partial charge in [0.1, 0.15) is 6.23 Å². The summed E-state index contributed by atoms with van der Waals surface area (Å²) in [4.78, 5) is 0. The van der Waals surface area contributed by atoms with Crippen LogP contribution < -0.4 is 5.32 Å². The minimum Gasteiger partial charge on any atom is -0.379 e. The lowest BCUT2D eigenvalue weighted by Crippen LogP contribution is -2.37. The topological polar surface area (TPSA) is 32.3 Å². The Morgan fingerprint density at radius 2 is 1.00 bits per heavy atom. The van der Waals surface area contributed by atoms with Gasteiger partial charge in [0.05, 0.1) is 0 Å². The summed E-state index contributed by atoms with van der Waals surface area (Å²) in [6, 6.07) is 0.479. The summed E-state index contributed by atoms with van der Waals surface area (Å²) >= 11 is 0. The Morgan fingerprint density at radius 3 is 1.39 bits per heavy atom. The van der Waals surface area contributed by atoms with Gasteiger partial charge < -0.3 is 5.11 Å². The average molecular weight is 328 g/mol. The zero-order chi connectivity index (χ0) is 17.2. The first kappa shape index (κ1) is 22.9. The lowest BCUT2D eigenvalue weighted by atomic mass is 10.0. The van der Waals surface area contributed by atoms with Crippen molar-refractivity contribution in [3.63, 3.8) is 0 Å². The van der Waals surface area contributed by atoms with Crippen molar-refractivity contribution in [2.45, 2.75) is 136 Å². The van der Waals surface area contributed by atoms with Gasteiger partial charge in [-0.2, -0.15) is 0 Å². The predicted octanol–water partition coefficient (Wildman–Crippen LogP) is 6.56. The number of rotatable bonds is 18. The lowest BCUT2D eigenvalue weighted by Gasteiger charge is -2.19. The fraction of sp³-hybridized carbons (Fsp3) is 1.00. The Labute approximate surface area is 146 Å². The van der Waals surface area contributed by atoms with Crippen LogP contribution in [0.4, 0.5) is 0 Å². The van der Waals surface area contributed by atoms with Crippen molar-refractivity contribution in [3.8, 4) is 0 Å². The van der Waals surface area contributed by atoms with Crippen LogP contribution in [0, 0.1) is 0 Å². The maximum Gasteiger partial charge on any atom is 0.105 e. The van der Waals surface area contributed by atoms with Gasteiger partial charge in [-0.15, -0.1) is 0 Å². The van der Waals surface area contributed by atoms with Gasteiger partial charge in [-0.05, 0) is 25.7 Å². The molecule has 0 amide bonds. The van der Waals surface area contributed by atoms with Crippen molar-refractivity contribution in [1.82, 2.24) is 5.32 Å². The molecule has 2 N–H and O–H groups in total. The molecule has 2 heteroatoms. The highest BCUT2D eigenvalue weighted by Gasteiger charge is 2.08. The number of aliphatic hydroxyl groups is 1. The van der Waals surface area contributed by atoms with E-state index in [0.717, 1.165) is 25.7 Å². The average Bonchev–Trinajstić information content (AvgIpc) is 2.56. The molecule has 0 aromatic heterocycles. The van der Waals surface area contributed by atoms with Gasteiger partial charge in [0.25, 0.3) is 0 Å². The van der Waals surface area contributed by atoms with Gasteiger partial charge in [-0.3, -0.25) is 5.32 Å². The lowest BCUT2D eigenvalue weighted by molar-refractivity contribution is 0.108. The highest BCUT2D eigenvalue weighted by atomic mass is 16.3. The molecule has 0 saturated carbocycles. The molecule has 0 aliphatic rings. The Bertz CT molecular complexity index is 216. The second kappa shape index (κ2) is 18.3. The molecule has 0 heterocycles. The Kier molecular flexibility index (Phi) is 18.2. The molecular weight excluding hydrogens is 282 g/mol. The van der Waals surface area contributed by atoms with Crippen molar-refractivity contribution in [3.05, 3.63) is 0 Å².